The van der Waals surface area contributed by atoms with E-state index in [1.54, 1.807) is 0 Å². The molecule has 0 aromatic heterocycles. The van der Waals surface area contributed by atoms with Crippen molar-refractivity contribution in [3.05, 3.63) is 108 Å². The van der Waals surface area contributed by atoms with E-state index in [0.29, 0.717) is 39.5 Å². The normalized spacial score (nSPS) is 22.2. The van der Waals surface area contributed by atoms with Crippen LogP contribution < -0.4 is 0 Å². The number of ether oxygens (including phenoxy) is 5. The SMILES string of the molecule is OCCCO[C@H]1OC[C@@H](OCc2ccccc2)[C@H](OCc2ccccc2)[C@H]1OCc1ccccc1. The van der Waals surface area contributed by atoms with Crippen molar-refractivity contribution >= 4 is 0 Å². The van der Waals surface area contributed by atoms with Gasteiger partial charge in [0.15, 0.2) is 6.29 Å². The molecule has 3 aromatic rings. The fourth-order valence-corrected chi connectivity index (χ4v) is 3.98. The number of aliphatic hydroxyl groups excluding tert-OH is 1. The summed E-state index contributed by atoms with van der Waals surface area (Å²) in [4.78, 5) is 0. The molecule has 3 aromatic carbocycles. The summed E-state index contributed by atoms with van der Waals surface area (Å²) in [6.45, 7) is 2.01. The molecular formula is C29H34O6. The molecule has 35 heavy (non-hydrogen) atoms. The van der Waals surface area contributed by atoms with Gasteiger partial charge in [-0.15, -0.1) is 0 Å². The Labute approximate surface area is 207 Å². The largest absolute Gasteiger partial charge is 0.396 e. The molecule has 4 atom stereocenters. The number of hydrogen-bond donors (Lipinski definition) is 1. The van der Waals surface area contributed by atoms with Crippen LogP contribution in [0, 0.1) is 0 Å². The van der Waals surface area contributed by atoms with Gasteiger partial charge in [-0.1, -0.05) is 91.0 Å². The van der Waals surface area contributed by atoms with Crippen LogP contribution in [0.1, 0.15) is 23.1 Å². The Bertz CT molecular complexity index is 953. The number of hydrogen-bond acceptors (Lipinski definition) is 6. The van der Waals surface area contributed by atoms with Gasteiger partial charge in [-0.25, -0.2) is 0 Å². The van der Waals surface area contributed by atoms with E-state index in [1.165, 1.54) is 0 Å². The lowest BCUT2D eigenvalue weighted by Gasteiger charge is -2.41. The number of aliphatic hydroxyl groups is 1. The number of benzene rings is 3. The van der Waals surface area contributed by atoms with Crippen molar-refractivity contribution in [3.8, 4) is 0 Å². The summed E-state index contributed by atoms with van der Waals surface area (Å²) < 4.78 is 31.2. The number of rotatable bonds is 13. The second-order valence-electron chi connectivity index (χ2n) is 8.51. The molecular weight excluding hydrogens is 444 g/mol. The summed E-state index contributed by atoms with van der Waals surface area (Å²) in [6, 6.07) is 30.1. The maximum atomic E-state index is 9.20. The van der Waals surface area contributed by atoms with Crippen molar-refractivity contribution in [3.63, 3.8) is 0 Å². The molecule has 0 unspecified atom stereocenters. The van der Waals surface area contributed by atoms with E-state index < -0.39 is 18.5 Å². The van der Waals surface area contributed by atoms with Gasteiger partial charge in [0.1, 0.15) is 18.3 Å². The summed E-state index contributed by atoms with van der Waals surface area (Å²) in [5.41, 5.74) is 3.20. The van der Waals surface area contributed by atoms with Gasteiger partial charge in [0.25, 0.3) is 0 Å². The van der Waals surface area contributed by atoms with Crippen LogP contribution in [0.2, 0.25) is 0 Å². The maximum absolute atomic E-state index is 9.20. The lowest BCUT2D eigenvalue weighted by Crippen LogP contribution is -2.56. The van der Waals surface area contributed by atoms with Gasteiger partial charge in [0.05, 0.1) is 33.0 Å². The second-order valence-corrected chi connectivity index (χ2v) is 8.51. The van der Waals surface area contributed by atoms with Gasteiger partial charge < -0.3 is 28.8 Å². The van der Waals surface area contributed by atoms with Gasteiger partial charge in [-0.2, -0.15) is 0 Å². The smallest absolute Gasteiger partial charge is 0.186 e. The highest BCUT2D eigenvalue weighted by Crippen LogP contribution is 2.27. The standard InChI is InChI=1S/C29H34O6/c30-17-10-18-31-29-28(34-21-25-15-8-3-9-16-25)27(33-20-24-13-6-2-7-14-24)26(22-35-29)32-19-23-11-4-1-5-12-23/h1-9,11-16,26-30H,10,17-22H2/t26-,27+,28-,29+/m1/s1. The van der Waals surface area contributed by atoms with Crippen molar-refractivity contribution in [1.82, 2.24) is 0 Å². The van der Waals surface area contributed by atoms with E-state index in [-0.39, 0.29) is 12.7 Å². The highest BCUT2D eigenvalue weighted by molar-refractivity contribution is 5.15. The third-order valence-electron chi connectivity index (χ3n) is 5.85. The Morgan fingerprint density at radius 2 is 1.11 bits per heavy atom. The summed E-state index contributed by atoms with van der Waals surface area (Å²) in [6.07, 6.45) is -1.35. The van der Waals surface area contributed by atoms with E-state index in [4.69, 9.17) is 23.7 Å². The van der Waals surface area contributed by atoms with Crippen LogP contribution in [-0.2, 0) is 43.5 Å². The highest BCUT2D eigenvalue weighted by atomic mass is 16.7. The van der Waals surface area contributed by atoms with Crippen LogP contribution in [0.5, 0.6) is 0 Å². The molecule has 1 aliphatic heterocycles. The Kier molecular flexibility index (Phi) is 10.3. The van der Waals surface area contributed by atoms with Gasteiger partial charge in [0, 0.05) is 6.61 Å². The Morgan fingerprint density at radius 3 is 1.63 bits per heavy atom. The van der Waals surface area contributed by atoms with Gasteiger partial charge in [-0.3, -0.25) is 0 Å². The van der Waals surface area contributed by atoms with Crippen LogP contribution in [-0.4, -0.2) is 49.5 Å². The lowest BCUT2D eigenvalue weighted by atomic mass is 10.0. The van der Waals surface area contributed by atoms with E-state index in [9.17, 15) is 5.11 Å². The molecule has 0 radical (unpaired) electrons. The fraction of sp³-hybridized carbons (Fsp3) is 0.379. The first kappa shape index (κ1) is 25.5. The van der Waals surface area contributed by atoms with Crippen LogP contribution in [0.4, 0.5) is 0 Å². The van der Waals surface area contributed by atoms with Crippen molar-refractivity contribution in [2.45, 2.75) is 50.8 Å². The van der Waals surface area contributed by atoms with Crippen molar-refractivity contribution in [1.29, 1.82) is 0 Å². The topological polar surface area (TPSA) is 66.4 Å². The zero-order chi connectivity index (χ0) is 24.1. The van der Waals surface area contributed by atoms with Gasteiger partial charge >= 0.3 is 0 Å². The summed E-state index contributed by atoms with van der Waals surface area (Å²) in [7, 11) is 0. The molecule has 6 nitrogen and oxygen atoms in total. The predicted octanol–water partition coefficient (Wildman–Crippen LogP) is 4.50. The average Bonchev–Trinajstić information content (AvgIpc) is 2.92. The molecule has 1 aliphatic rings. The van der Waals surface area contributed by atoms with Gasteiger partial charge in [0.2, 0.25) is 0 Å². The second kappa shape index (κ2) is 14.1. The summed E-state index contributed by atoms with van der Waals surface area (Å²) in [5, 5.41) is 9.20. The van der Waals surface area contributed by atoms with E-state index in [0.717, 1.165) is 16.7 Å². The van der Waals surface area contributed by atoms with E-state index >= 15 is 0 Å². The molecule has 186 valence electrons. The molecule has 6 heteroatoms. The minimum absolute atomic E-state index is 0.0546. The third-order valence-corrected chi connectivity index (χ3v) is 5.85. The van der Waals surface area contributed by atoms with Crippen LogP contribution in [0.25, 0.3) is 0 Å². The predicted molar refractivity (Wildman–Crippen MR) is 132 cm³/mol. The average molecular weight is 479 g/mol. The first-order chi connectivity index (χ1) is 17.3. The first-order valence-electron chi connectivity index (χ1n) is 12.1. The monoisotopic (exact) mass is 478 g/mol. The van der Waals surface area contributed by atoms with Crippen molar-refractivity contribution in [2.75, 3.05) is 19.8 Å². The fourth-order valence-electron chi connectivity index (χ4n) is 3.98. The van der Waals surface area contributed by atoms with Crippen molar-refractivity contribution < 1.29 is 28.8 Å². The molecule has 1 N–H and O–H groups in total. The molecule has 0 amide bonds. The maximum Gasteiger partial charge on any atom is 0.186 e. The van der Waals surface area contributed by atoms with Gasteiger partial charge in [-0.05, 0) is 23.1 Å². The zero-order valence-electron chi connectivity index (χ0n) is 19.9. The minimum atomic E-state index is -0.623. The molecule has 1 saturated heterocycles. The molecule has 0 aliphatic carbocycles. The summed E-state index contributed by atoms with van der Waals surface area (Å²) in [5.74, 6) is 0. The molecule has 1 fully saturated rings. The highest BCUT2D eigenvalue weighted by Gasteiger charge is 2.43. The summed E-state index contributed by atoms with van der Waals surface area (Å²) >= 11 is 0. The van der Waals surface area contributed by atoms with E-state index in [2.05, 4.69) is 0 Å². The lowest BCUT2D eigenvalue weighted by molar-refractivity contribution is -0.300. The Balaban J connectivity index is 1.51. The molecule has 0 spiro atoms. The molecule has 0 bridgehead atoms. The molecule has 4 rings (SSSR count). The van der Waals surface area contributed by atoms with Crippen LogP contribution in [0.15, 0.2) is 91.0 Å². The zero-order valence-corrected chi connectivity index (χ0v) is 19.9. The van der Waals surface area contributed by atoms with Crippen molar-refractivity contribution in [2.24, 2.45) is 0 Å². The molecule has 1 heterocycles. The Hall–Kier alpha value is -2.58. The van der Waals surface area contributed by atoms with Crippen LogP contribution >= 0.6 is 0 Å². The first-order valence-corrected chi connectivity index (χ1v) is 12.1. The quantitative estimate of drug-likeness (QED) is 0.365. The Morgan fingerprint density at radius 1 is 0.629 bits per heavy atom. The van der Waals surface area contributed by atoms with E-state index in [1.807, 2.05) is 91.0 Å². The molecule has 0 saturated carbocycles. The minimum Gasteiger partial charge on any atom is -0.396 e. The third kappa shape index (κ3) is 7.97. The van der Waals surface area contributed by atoms with Crippen LogP contribution in [0.3, 0.4) is 0 Å².